The van der Waals surface area contributed by atoms with Gasteiger partial charge >= 0.3 is 0 Å². The molecule has 0 radical (unpaired) electrons. The quantitative estimate of drug-likeness (QED) is 0.810. The molecule has 116 valence electrons. The molecule has 1 aromatic rings. The van der Waals surface area contributed by atoms with Crippen molar-refractivity contribution in [3.63, 3.8) is 0 Å². The highest BCUT2D eigenvalue weighted by Crippen LogP contribution is 2.42. The van der Waals surface area contributed by atoms with Gasteiger partial charge < -0.3 is 11.1 Å². The number of nitrogens with one attached hydrogen (secondary N) is 1. The standard InChI is InChI=1S/C18H28N2O/c1-17(2,12-9-15-7-4-3-5-8-15)20-16(21)13-18(14-19)10-6-11-18/h3-5,7-8H,6,9-14,19H2,1-2H3,(H,20,21). The van der Waals surface area contributed by atoms with E-state index in [-0.39, 0.29) is 16.9 Å². The highest BCUT2D eigenvalue weighted by molar-refractivity contribution is 5.77. The fraction of sp³-hybridized carbons (Fsp3) is 0.611. The van der Waals surface area contributed by atoms with E-state index in [1.807, 2.05) is 6.07 Å². The predicted octanol–water partition coefficient (Wildman–Crippen LogP) is 3.03. The Bertz CT molecular complexity index is 458. The Kier molecular flexibility index (Phi) is 5.04. The number of carbonyl (C=O) groups is 1. The van der Waals surface area contributed by atoms with Crippen molar-refractivity contribution < 1.29 is 4.79 Å². The van der Waals surface area contributed by atoms with Crippen LogP contribution < -0.4 is 11.1 Å². The summed E-state index contributed by atoms with van der Waals surface area (Å²) in [7, 11) is 0. The van der Waals surface area contributed by atoms with E-state index in [1.165, 1.54) is 12.0 Å². The van der Waals surface area contributed by atoms with E-state index in [1.54, 1.807) is 0 Å². The van der Waals surface area contributed by atoms with E-state index in [0.717, 1.165) is 25.7 Å². The fourth-order valence-corrected chi connectivity index (χ4v) is 3.06. The topological polar surface area (TPSA) is 55.1 Å². The molecular formula is C18H28N2O. The van der Waals surface area contributed by atoms with Crippen molar-refractivity contribution in [2.24, 2.45) is 11.1 Å². The van der Waals surface area contributed by atoms with Crippen LogP contribution in [-0.2, 0) is 11.2 Å². The Morgan fingerprint density at radius 3 is 2.48 bits per heavy atom. The average molecular weight is 288 g/mol. The number of nitrogens with two attached hydrogens (primary N) is 1. The molecule has 3 heteroatoms. The SMILES string of the molecule is CC(C)(CCc1ccccc1)NC(=O)CC1(CN)CCC1. The van der Waals surface area contributed by atoms with Gasteiger partial charge in [-0.2, -0.15) is 0 Å². The van der Waals surface area contributed by atoms with Gasteiger partial charge in [-0.1, -0.05) is 36.8 Å². The zero-order valence-electron chi connectivity index (χ0n) is 13.3. The number of rotatable bonds is 7. The molecule has 0 atom stereocenters. The van der Waals surface area contributed by atoms with Crippen LogP contribution in [0.5, 0.6) is 0 Å². The largest absolute Gasteiger partial charge is 0.351 e. The third-order valence-electron chi connectivity index (χ3n) is 4.74. The summed E-state index contributed by atoms with van der Waals surface area (Å²) < 4.78 is 0. The van der Waals surface area contributed by atoms with Gasteiger partial charge in [0.15, 0.2) is 0 Å². The summed E-state index contributed by atoms with van der Waals surface area (Å²) in [6, 6.07) is 10.4. The van der Waals surface area contributed by atoms with Gasteiger partial charge in [0.05, 0.1) is 0 Å². The number of benzene rings is 1. The Hall–Kier alpha value is -1.35. The van der Waals surface area contributed by atoms with Crippen LogP contribution in [0.4, 0.5) is 0 Å². The first-order valence-corrected chi connectivity index (χ1v) is 8.00. The number of amides is 1. The molecule has 0 unspecified atom stereocenters. The minimum atomic E-state index is -0.174. The first kappa shape index (κ1) is 16.0. The van der Waals surface area contributed by atoms with Crippen LogP contribution in [-0.4, -0.2) is 18.0 Å². The van der Waals surface area contributed by atoms with Crippen molar-refractivity contribution in [3.05, 3.63) is 35.9 Å². The zero-order valence-corrected chi connectivity index (χ0v) is 13.3. The molecule has 0 aliphatic heterocycles. The van der Waals surface area contributed by atoms with Crippen LogP contribution in [0.1, 0.15) is 51.5 Å². The Morgan fingerprint density at radius 1 is 1.29 bits per heavy atom. The minimum absolute atomic E-state index is 0.0829. The second-order valence-electron chi connectivity index (χ2n) is 7.15. The van der Waals surface area contributed by atoms with E-state index in [4.69, 9.17) is 5.73 Å². The molecule has 0 bridgehead atoms. The molecule has 2 rings (SSSR count). The van der Waals surface area contributed by atoms with E-state index in [9.17, 15) is 4.79 Å². The van der Waals surface area contributed by atoms with Crippen LogP contribution in [0.15, 0.2) is 30.3 Å². The summed E-state index contributed by atoms with van der Waals surface area (Å²) in [5, 5.41) is 3.19. The predicted molar refractivity (Wildman–Crippen MR) is 86.9 cm³/mol. The molecule has 3 nitrogen and oxygen atoms in total. The van der Waals surface area contributed by atoms with Gasteiger partial charge in [0.25, 0.3) is 0 Å². The summed E-state index contributed by atoms with van der Waals surface area (Å²) in [4.78, 5) is 12.3. The van der Waals surface area contributed by atoms with E-state index < -0.39 is 0 Å². The van der Waals surface area contributed by atoms with Gasteiger partial charge in [0.1, 0.15) is 0 Å². The molecule has 0 heterocycles. The summed E-state index contributed by atoms with van der Waals surface area (Å²) >= 11 is 0. The first-order chi connectivity index (χ1) is 9.95. The molecule has 21 heavy (non-hydrogen) atoms. The first-order valence-electron chi connectivity index (χ1n) is 8.00. The van der Waals surface area contributed by atoms with Crippen LogP contribution in [0.25, 0.3) is 0 Å². The lowest BCUT2D eigenvalue weighted by Gasteiger charge is -2.41. The maximum Gasteiger partial charge on any atom is 0.221 e. The molecule has 0 spiro atoms. The number of hydrogen-bond donors (Lipinski definition) is 2. The Labute approximate surface area is 128 Å². The lowest BCUT2D eigenvalue weighted by atomic mass is 9.66. The summed E-state index contributed by atoms with van der Waals surface area (Å²) in [6.45, 7) is 4.83. The second kappa shape index (κ2) is 6.61. The average Bonchev–Trinajstić information content (AvgIpc) is 2.41. The van der Waals surface area contributed by atoms with Gasteiger partial charge in [0, 0.05) is 12.0 Å². The van der Waals surface area contributed by atoms with Crippen LogP contribution in [0, 0.1) is 5.41 Å². The highest BCUT2D eigenvalue weighted by atomic mass is 16.1. The van der Waals surface area contributed by atoms with Gasteiger partial charge in [-0.05, 0) is 57.1 Å². The van der Waals surface area contributed by atoms with Gasteiger partial charge in [-0.3, -0.25) is 4.79 Å². The molecule has 0 saturated heterocycles. The van der Waals surface area contributed by atoms with Crippen LogP contribution >= 0.6 is 0 Å². The molecule has 1 saturated carbocycles. The summed E-state index contributed by atoms with van der Waals surface area (Å²) in [6.07, 6.45) is 5.91. The maximum atomic E-state index is 12.3. The van der Waals surface area contributed by atoms with Crippen molar-refractivity contribution in [1.82, 2.24) is 5.32 Å². The molecule has 0 aromatic heterocycles. The van der Waals surface area contributed by atoms with Crippen LogP contribution in [0.2, 0.25) is 0 Å². The molecule has 1 aliphatic rings. The van der Waals surface area contributed by atoms with E-state index >= 15 is 0 Å². The van der Waals surface area contributed by atoms with Crippen molar-refractivity contribution in [3.8, 4) is 0 Å². The van der Waals surface area contributed by atoms with Crippen molar-refractivity contribution in [2.75, 3.05) is 6.54 Å². The van der Waals surface area contributed by atoms with Crippen LogP contribution in [0.3, 0.4) is 0 Å². The lowest BCUT2D eigenvalue weighted by molar-refractivity contribution is -0.126. The maximum absolute atomic E-state index is 12.3. The van der Waals surface area contributed by atoms with Crippen molar-refractivity contribution in [1.29, 1.82) is 0 Å². The number of aryl methyl sites for hydroxylation is 1. The molecule has 1 aliphatic carbocycles. The summed E-state index contributed by atoms with van der Waals surface area (Å²) in [5.41, 5.74) is 7.06. The smallest absolute Gasteiger partial charge is 0.221 e. The molecule has 1 aromatic carbocycles. The van der Waals surface area contributed by atoms with Crippen molar-refractivity contribution >= 4 is 5.91 Å². The second-order valence-corrected chi connectivity index (χ2v) is 7.15. The lowest BCUT2D eigenvalue weighted by Crippen LogP contribution is -2.48. The fourth-order valence-electron chi connectivity index (χ4n) is 3.06. The number of hydrogen-bond acceptors (Lipinski definition) is 2. The zero-order chi connectivity index (χ0) is 15.3. The minimum Gasteiger partial charge on any atom is -0.351 e. The highest BCUT2D eigenvalue weighted by Gasteiger charge is 2.38. The normalized spacial score (nSPS) is 17.1. The van der Waals surface area contributed by atoms with Gasteiger partial charge in [-0.15, -0.1) is 0 Å². The third kappa shape index (κ3) is 4.57. The van der Waals surface area contributed by atoms with E-state index in [0.29, 0.717) is 13.0 Å². The van der Waals surface area contributed by atoms with Gasteiger partial charge in [-0.25, -0.2) is 0 Å². The Balaban J connectivity index is 1.81. The van der Waals surface area contributed by atoms with Crippen molar-refractivity contribution in [2.45, 2.75) is 57.9 Å². The Morgan fingerprint density at radius 2 is 1.95 bits per heavy atom. The summed E-state index contributed by atoms with van der Waals surface area (Å²) in [5.74, 6) is 0.151. The number of carbonyl (C=O) groups excluding carboxylic acids is 1. The van der Waals surface area contributed by atoms with Gasteiger partial charge in [0.2, 0.25) is 5.91 Å². The monoisotopic (exact) mass is 288 g/mol. The van der Waals surface area contributed by atoms with E-state index in [2.05, 4.69) is 43.4 Å². The molecule has 1 fully saturated rings. The third-order valence-corrected chi connectivity index (χ3v) is 4.74. The molecular weight excluding hydrogens is 260 g/mol. The molecule has 1 amide bonds. The molecule has 3 N–H and O–H groups in total.